The maximum atomic E-state index is 11.3. The Hall–Kier alpha value is -3.70. The van der Waals surface area contributed by atoms with Crippen molar-refractivity contribution in [1.82, 2.24) is 4.90 Å². The van der Waals surface area contributed by atoms with Gasteiger partial charge in [-0.05, 0) is 99.6 Å². The molecule has 0 radical (unpaired) electrons. The Labute approximate surface area is 277 Å². The lowest BCUT2D eigenvalue weighted by Crippen LogP contribution is -2.28. The van der Waals surface area contributed by atoms with E-state index in [4.69, 9.17) is 4.74 Å². The summed E-state index contributed by atoms with van der Waals surface area (Å²) in [5.41, 5.74) is 6.75. The molecule has 0 unspecified atom stereocenters. The van der Waals surface area contributed by atoms with Crippen LogP contribution in [0.1, 0.15) is 112 Å². The van der Waals surface area contributed by atoms with Crippen molar-refractivity contribution in [3.63, 3.8) is 0 Å². The van der Waals surface area contributed by atoms with Crippen LogP contribution in [0.3, 0.4) is 0 Å². The number of amides is 2. The molecule has 0 aliphatic heterocycles. The largest absolute Gasteiger partial charge is 0.493 e. The predicted octanol–water partition coefficient (Wildman–Crippen LogP) is 9.28. The Morgan fingerprint density at radius 1 is 0.891 bits per heavy atom. The lowest BCUT2D eigenvalue weighted by Gasteiger charge is -2.34. The molecule has 1 N–H and O–H groups in total. The van der Waals surface area contributed by atoms with Gasteiger partial charge in [-0.2, -0.15) is 0 Å². The molecule has 248 valence electrons. The van der Waals surface area contributed by atoms with Gasteiger partial charge in [0, 0.05) is 18.9 Å². The summed E-state index contributed by atoms with van der Waals surface area (Å²) in [5, 5.41) is 10.7. The average Bonchev–Trinajstić information content (AvgIpc) is 3.49. The molecule has 0 aromatic heterocycles. The van der Waals surface area contributed by atoms with Crippen molar-refractivity contribution in [2.45, 2.75) is 110 Å². The Bertz CT molecular complexity index is 1420. The van der Waals surface area contributed by atoms with Crippen LogP contribution in [0.5, 0.6) is 5.75 Å². The topological polar surface area (TPSA) is 66.8 Å². The van der Waals surface area contributed by atoms with Crippen molar-refractivity contribution < 1.29 is 19.4 Å². The number of carbonyl (C=O) groups excluding carboxylic acids is 2. The zero-order chi connectivity index (χ0) is 33.6. The summed E-state index contributed by atoms with van der Waals surface area (Å²) in [5.74, 6) is 0.689. The predicted molar refractivity (Wildman–Crippen MR) is 190 cm³/mol. The highest BCUT2D eigenvalue weighted by molar-refractivity contribution is 5.83. The molecule has 5 heteroatoms. The van der Waals surface area contributed by atoms with E-state index in [1.807, 2.05) is 24.3 Å². The van der Waals surface area contributed by atoms with Gasteiger partial charge in [0.1, 0.15) is 5.75 Å². The first-order chi connectivity index (χ1) is 22.1. The molecule has 2 amide bonds. The van der Waals surface area contributed by atoms with Crippen LogP contribution < -0.4 is 4.74 Å². The monoisotopic (exact) mass is 625 g/mol. The van der Waals surface area contributed by atoms with Gasteiger partial charge in [-0.3, -0.25) is 14.5 Å². The second-order valence-corrected chi connectivity index (χ2v) is 12.9. The standard InChI is InChI=1S/C34H47NO4.C7H8/c1-6-34(7-2,30-14-13-29(26(3)23-30)17-20-33(38)18-9-10-19-33)31-15-16-32(27(4)24-31)39-22-12-8-11-21-35(25-36)28(5)37;1-7-5-3-2-4-6-7/h13-17,20,23-25,38H,6-12,18-19,21-22H2,1-5H3;2-6H,1H3. The number of unbranched alkanes of at least 4 members (excludes halogenated alkanes) is 2. The quantitative estimate of drug-likeness (QED) is 0.143. The Kier molecular flexibility index (Phi) is 14.3. The average molecular weight is 626 g/mol. The number of ether oxygens (including phenoxy) is 1. The van der Waals surface area contributed by atoms with E-state index in [0.717, 1.165) is 69.1 Å². The fourth-order valence-corrected chi connectivity index (χ4v) is 6.46. The minimum atomic E-state index is -0.643. The van der Waals surface area contributed by atoms with Crippen LogP contribution in [-0.2, 0) is 15.0 Å². The van der Waals surface area contributed by atoms with Crippen LogP contribution >= 0.6 is 0 Å². The summed E-state index contributed by atoms with van der Waals surface area (Å²) >= 11 is 0. The zero-order valence-electron chi connectivity index (χ0n) is 29.0. The van der Waals surface area contributed by atoms with Crippen LogP contribution in [0.2, 0.25) is 0 Å². The first-order valence-electron chi connectivity index (χ1n) is 17.1. The summed E-state index contributed by atoms with van der Waals surface area (Å²) in [6.45, 7) is 13.4. The van der Waals surface area contributed by atoms with Gasteiger partial charge in [-0.1, -0.05) is 105 Å². The Morgan fingerprint density at radius 2 is 1.52 bits per heavy atom. The van der Waals surface area contributed by atoms with Crippen molar-refractivity contribution in [1.29, 1.82) is 0 Å². The minimum Gasteiger partial charge on any atom is -0.493 e. The summed E-state index contributed by atoms with van der Waals surface area (Å²) in [6, 6.07) is 23.6. The number of aryl methyl sites for hydroxylation is 3. The van der Waals surface area contributed by atoms with Gasteiger partial charge in [0.25, 0.3) is 0 Å². The lowest BCUT2D eigenvalue weighted by atomic mass is 9.70. The number of nitrogens with zero attached hydrogens (tertiary/aromatic N) is 1. The highest BCUT2D eigenvalue weighted by Gasteiger charge is 2.32. The van der Waals surface area contributed by atoms with E-state index < -0.39 is 5.60 Å². The number of hydrogen-bond donors (Lipinski definition) is 1. The number of aliphatic hydroxyl groups is 1. The van der Waals surface area contributed by atoms with Crippen molar-refractivity contribution in [3.05, 3.63) is 106 Å². The fourth-order valence-electron chi connectivity index (χ4n) is 6.46. The smallest absolute Gasteiger partial charge is 0.225 e. The van der Waals surface area contributed by atoms with Gasteiger partial charge >= 0.3 is 0 Å². The highest BCUT2D eigenvalue weighted by Crippen LogP contribution is 2.41. The number of carbonyl (C=O) groups is 2. The zero-order valence-corrected chi connectivity index (χ0v) is 29.0. The number of rotatable bonds is 14. The molecular weight excluding hydrogens is 570 g/mol. The van der Waals surface area contributed by atoms with E-state index in [9.17, 15) is 14.7 Å². The lowest BCUT2D eigenvalue weighted by molar-refractivity contribution is -0.136. The number of hydrogen-bond acceptors (Lipinski definition) is 4. The third-order valence-corrected chi connectivity index (χ3v) is 9.57. The molecule has 0 bridgehead atoms. The molecule has 1 aliphatic rings. The highest BCUT2D eigenvalue weighted by atomic mass is 16.5. The summed E-state index contributed by atoms with van der Waals surface area (Å²) in [4.78, 5) is 23.4. The minimum absolute atomic E-state index is 0.0822. The molecule has 3 aromatic rings. The molecule has 1 fully saturated rings. The Morgan fingerprint density at radius 3 is 2.04 bits per heavy atom. The van der Waals surface area contributed by atoms with Gasteiger partial charge < -0.3 is 9.84 Å². The van der Waals surface area contributed by atoms with Crippen LogP contribution in [0, 0.1) is 20.8 Å². The van der Waals surface area contributed by atoms with Crippen molar-refractivity contribution in [3.8, 4) is 5.75 Å². The molecule has 0 atom stereocenters. The molecule has 4 rings (SSSR count). The van der Waals surface area contributed by atoms with Gasteiger partial charge in [0.15, 0.2) is 0 Å². The maximum absolute atomic E-state index is 11.3. The maximum Gasteiger partial charge on any atom is 0.225 e. The van der Waals surface area contributed by atoms with Crippen LogP contribution in [-0.4, -0.2) is 41.1 Å². The molecular formula is C41H55NO4. The second kappa shape index (κ2) is 17.9. The molecule has 0 saturated heterocycles. The van der Waals surface area contributed by atoms with Gasteiger partial charge in [-0.15, -0.1) is 0 Å². The second-order valence-electron chi connectivity index (χ2n) is 12.9. The molecule has 1 aliphatic carbocycles. The number of benzene rings is 3. The molecule has 46 heavy (non-hydrogen) atoms. The van der Waals surface area contributed by atoms with E-state index in [2.05, 4.69) is 89.2 Å². The van der Waals surface area contributed by atoms with E-state index in [1.165, 1.54) is 39.6 Å². The Balaban J connectivity index is 0.000000724. The van der Waals surface area contributed by atoms with Crippen LogP contribution in [0.4, 0.5) is 0 Å². The third-order valence-electron chi connectivity index (χ3n) is 9.57. The van der Waals surface area contributed by atoms with Crippen molar-refractivity contribution >= 4 is 18.4 Å². The molecule has 3 aromatic carbocycles. The van der Waals surface area contributed by atoms with Crippen molar-refractivity contribution in [2.24, 2.45) is 0 Å². The van der Waals surface area contributed by atoms with E-state index in [1.54, 1.807) is 0 Å². The van der Waals surface area contributed by atoms with Crippen molar-refractivity contribution in [2.75, 3.05) is 13.2 Å². The van der Waals surface area contributed by atoms with E-state index >= 15 is 0 Å². The summed E-state index contributed by atoms with van der Waals surface area (Å²) < 4.78 is 6.09. The molecule has 0 heterocycles. The third kappa shape index (κ3) is 10.2. The van der Waals surface area contributed by atoms with Gasteiger partial charge in [-0.25, -0.2) is 0 Å². The molecule has 0 spiro atoms. The van der Waals surface area contributed by atoms with Gasteiger partial charge in [0.05, 0.1) is 12.2 Å². The molecule has 5 nitrogen and oxygen atoms in total. The summed E-state index contributed by atoms with van der Waals surface area (Å²) in [6.07, 6.45) is 13.2. The van der Waals surface area contributed by atoms with Crippen LogP contribution in [0.25, 0.3) is 6.08 Å². The summed E-state index contributed by atoms with van der Waals surface area (Å²) in [7, 11) is 0. The van der Waals surface area contributed by atoms with Crippen LogP contribution in [0.15, 0.2) is 72.8 Å². The number of imide groups is 1. The van der Waals surface area contributed by atoms with Gasteiger partial charge in [0.2, 0.25) is 12.3 Å². The van der Waals surface area contributed by atoms with E-state index in [0.29, 0.717) is 19.6 Å². The van der Waals surface area contributed by atoms with E-state index in [-0.39, 0.29) is 11.3 Å². The normalized spacial score (nSPS) is 14.1. The first-order valence-corrected chi connectivity index (χ1v) is 17.1. The fraction of sp³-hybridized carbons (Fsp3) is 0.463. The SMILES string of the molecule is CCC(CC)(c1ccc(C=CC2(O)CCCC2)c(C)c1)c1ccc(OCCCCCN(C=O)C(C)=O)c(C)c1.Cc1ccccc1. The first kappa shape index (κ1) is 36.8. The molecule has 1 saturated carbocycles.